The Morgan fingerprint density at radius 1 is 1.07 bits per heavy atom. The van der Waals surface area contributed by atoms with E-state index < -0.39 is 57.1 Å². The van der Waals surface area contributed by atoms with E-state index in [0.717, 1.165) is 18.2 Å². The van der Waals surface area contributed by atoms with Gasteiger partial charge in [0.05, 0.1) is 29.0 Å². The van der Waals surface area contributed by atoms with Gasteiger partial charge in [-0.1, -0.05) is 43.1 Å². The van der Waals surface area contributed by atoms with E-state index in [1.807, 2.05) is 11.6 Å². The first-order valence-electron chi connectivity index (χ1n) is 13.8. The lowest BCUT2D eigenvalue weighted by Crippen LogP contribution is -2.31. The molecule has 4 aromatic rings. The molecule has 0 saturated heterocycles. The van der Waals surface area contributed by atoms with Crippen molar-refractivity contribution in [3.8, 4) is 11.1 Å². The summed E-state index contributed by atoms with van der Waals surface area (Å²) in [5, 5.41) is 2.77. The zero-order valence-electron chi connectivity index (χ0n) is 24.4. The van der Waals surface area contributed by atoms with Gasteiger partial charge >= 0.3 is 11.8 Å². The van der Waals surface area contributed by atoms with E-state index in [2.05, 4.69) is 5.32 Å². The highest BCUT2D eigenvalue weighted by Gasteiger charge is 2.34. The van der Waals surface area contributed by atoms with Crippen molar-refractivity contribution in [2.75, 3.05) is 11.1 Å². The molecule has 0 aliphatic heterocycles. The standard InChI is InChI=1S/C32H27ClF4N2O6S/c1-3-4-12-46(43,44)39-28(40)11-8-19-6-5-7-20(14-19)30-22-13-18(2)25(33)17-27(22)45-31(42)23(30)16-29(41)38-26-10-9-21(34)15-24(26)32(35,36)37/h5-11,13-15,17H,3-4,12,16H2,1-2H3,(H,38,41)(H,39,40). The van der Waals surface area contributed by atoms with Crippen LogP contribution in [-0.4, -0.2) is 26.0 Å². The van der Waals surface area contributed by atoms with Crippen molar-refractivity contribution < 1.29 is 40.0 Å². The first kappa shape index (κ1) is 34.4. The van der Waals surface area contributed by atoms with Gasteiger partial charge in [0.25, 0.3) is 5.91 Å². The molecular weight excluding hydrogens is 652 g/mol. The maximum atomic E-state index is 13.6. The van der Waals surface area contributed by atoms with Crippen molar-refractivity contribution in [1.29, 1.82) is 0 Å². The van der Waals surface area contributed by atoms with Gasteiger partial charge in [-0.3, -0.25) is 9.59 Å². The lowest BCUT2D eigenvalue weighted by Gasteiger charge is -2.16. The van der Waals surface area contributed by atoms with Crippen LogP contribution >= 0.6 is 11.6 Å². The van der Waals surface area contributed by atoms with Gasteiger partial charge in [-0.25, -0.2) is 22.3 Å². The summed E-state index contributed by atoms with van der Waals surface area (Å²) in [5.74, 6) is -3.23. The van der Waals surface area contributed by atoms with Gasteiger partial charge < -0.3 is 9.73 Å². The highest BCUT2D eigenvalue weighted by Crippen LogP contribution is 2.37. The molecule has 1 aromatic heterocycles. The third-order valence-electron chi connectivity index (χ3n) is 6.80. The fraction of sp³-hybridized carbons (Fsp3) is 0.219. The Kier molecular flexibility index (Phi) is 10.4. The normalized spacial score (nSPS) is 12.1. The highest BCUT2D eigenvalue weighted by molar-refractivity contribution is 7.90. The third kappa shape index (κ3) is 8.40. The number of benzene rings is 3. The van der Waals surface area contributed by atoms with Crippen molar-refractivity contribution in [3.05, 3.63) is 104 Å². The molecule has 0 atom stereocenters. The zero-order chi connectivity index (χ0) is 33.8. The molecule has 2 amide bonds. The molecule has 46 heavy (non-hydrogen) atoms. The molecule has 0 saturated carbocycles. The lowest BCUT2D eigenvalue weighted by molar-refractivity contribution is -0.137. The number of aryl methyl sites for hydroxylation is 1. The quantitative estimate of drug-likeness (QED) is 0.106. The number of sulfonamides is 1. The minimum Gasteiger partial charge on any atom is -0.422 e. The van der Waals surface area contributed by atoms with Crippen molar-refractivity contribution >= 4 is 56.2 Å². The highest BCUT2D eigenvalue weighted by atomic mass is 35.5. The van der Waals surface area contributed by atoms with Crippen LogP contribution in [0.25, 0.3) is 28.2 Å². The summed E-state index contributed by atoms with van der Waals surface area (Å²) < 4.78 is 85.7. The number of carbonyl (C=O) groups is 2. The van der Waals surface area contributed by atoms with Crippen LogP contribution in [0.4, 0.5) is 23.2 Å². The first-order valence-corrected chi connectivity index (χ1v) is 15.9. The lowest BCUT2D eigenvalue weighted by atomic mass is 9.93. The first-order chi connectivity index (χ1) is 21.6. The number of hydrogen-bond donors (Lipinski definition) is 2. The second kappa shape index (κ2) is 13.9. The van der Waals surface area contributed by atoms with E-state index in [0.29, 0.717) is 39.9 Å². The number of fused-ring (bicyclic) bond motifs is 1. The van der Waals surface area contributed by atoms with E-state index in [-0.39, 0.29) is 28.5 Å². The number of carbonyl (C=O) groups excluding carboxylic acids is 2. The molecule has 0 aliphatic rings. The summed E-state index contributed by atoms with van der Waals surface area (Å²) in [5.41, 5.74) is -1.56. The van der Waals surface area contributed by atoms with E-state index in [9.17, 15) is 40.4 Å². The molecule has 0 unspecified atom stereocenters. The van der Waals surface area contributed by atoms with Crippen LogP contribution in [0.15, 0.2) is 69.9 Å². The second-order valence-corrected chi connectivity index (χ2v) is 12.6. The average molecular weight is 679 g/mol. The molecule has 8 nitrogen and oxygen atoms in total. The Morgan fingerprint density at radius 3 is 2.50 bits per heavy atom. The fourth-order valence-electron chi connectivity index (χ4n) is 4.62. The van der Waals surface area contributed by atoms with E-state index in [1.54, 1.807) is 37.3 Å². The predicted octanol–water partition coefficient (Wildman–Crippen LogP) is 7.02. The molecule has 3 aromatic carbocycles. The second-order valence-electron chi connectivity index (χ2n) is 10.4. The Bertz CT molecular complexity index is 2020. The SMILES string of the molecule is CCCCS(=O)(=O)NC(=O)C=Cc1cccc(-c2c(CC(=O)Nc3ccc(F)cc3C(F)(F)F)c(=O)oc3cc(Cl)c(C)cc23)c1. The Balaban J connectivity index is 1.76. The number of unbranched alkanes of at least 4 members (excludes halogenated alkanes) is 1. The van der Waals surface area contributed by atoms with Gasteiger partial charge in [-0.15, -0.1) is 0 Å². The third-order valence-corrected chi connectivity index (χ3v) is 8.55. The van der Waals surface area contributed by atoms with E-state index in [1.165, 1.54) is 12.1 Å². The summed E-state index contributed by atoms with van der Waals surface area (Å²) in [6.45, 7) is 3.51. The molecule has 1 heterocycles. The van der Waals surface area contributed by atoms with Gasteiger partial charge in [0.2, 0.25) is 15.9 Å². The van der Waals surface area contributed by atoms with Crippen molar-refractivity contribution in [2.45, 2.75) is 39.3 Å². The van der Waals surface area contributed by atoms with Crippen LogP contribution in [0.1, 0.15) is 42.0 Å². The van der Waals surface area contributed by atoms with Crippen LogP contribution < -0.4 is 15.7 Å². The Morgan fingerprint density at radius 2 is 1.80 bits per heavy atom. The largest absolute Gasteiger partial charge is 0.422 e. The Hall–Kier alpha value is -4.49. The maximum Gasteiger partial charge on any atom is 0.418 e. The van der Waals surface area contributed by atoms with E-state index >= 15 is 0 Å². The van der Waals surface area contributed by atoms with Gasteiger partial charge in [0.1, 0.15) is 11.4 Å². The van der Waals surface area contributed by atoms with Crippen LogP contribution in [0.2, 0.25) is 5.02 Å². The monoisotopic (exact) mass is 678 g/mol. The number of alkyl halides is 3. The molecule has 0 bridgehead atoms. The number of amides is 2. The molecule has 14 heteroatoms. The molecule has 2 N–H and O–H groups in total. The molecule has 0 aliphatic carbocycles. The van der Waals surface area contributed by atoms with Gasteiger partial charge in [0.15, 0.2) is 0 Å². The van der Waals surface area contributed by atoms with Crippen LogP contribution in [-0.2, 0) is 32.2 Å². The summed E-state index contributed by atoms with van der Waals surface area (Å²) in [6, 6.07) is 11.2. The van der Waals surface area contributed by atoms with Crippen molar-refractivity contribution in [1.82, 2.24) is 4.72 Å². The zero-order valence-corrected chi connectivity index (χ0v) is 26.0. The maximum absolute atomic E-state index is 13.6. The number of nitrogens with one attached hydrogen (secondary N) is 2. The van der Waals surface area contributed by atoms with Crippen molar-refractivity contribution in [3.63, 3.8) is 0 Å². The molecule has 4 rings (SSSR count). The smallest absolute Gasteiger partial charge is 0.418 e. The van der Waals surface area contributed by atoms with Crippen LogP contribution in [0, 0.1) is 12.7 Å². The topological polar surface area (TPSA) is 123 Å². The van der Waals surface area contributed by atoms with Gasteiger partial charge in [-0.2, -0.15) is 13.2 Å². The summed E-state index contributed by atoms with van der Waals surface area (Å²) in [4.78, 5) is 38.6. The van der Waals surface area contributed by atoms with Gasteiger partial charge in [0, 0.05) is 28.1 Å². The number of halogens is 5. The molecule has 0 spiro atoms. The molecule has 242 valence electrons. The number of anilines is 1. The molecular formula is C32H27ClF4N2O6S. The minimum atomic E-state index is -4.97. The summed E-state index contributed by atoms with van der Waals surface area (Å²) in [6.07, 6.45) is -2.31. The minimum absolute atomic E-state index is 0.0789. The van der Waals surface area contributed by atoms with Crippen molar-refractivity contribution in [2.24, 2.45) is 0 Å². The average Bonchev–Trinajstić information content (AvgIpc) is 2.97. The summed E-state index contributed by atoms with van der Waals surface area (Å²) >= 11 is 6.25. The molecule has 0 fully saturated rings. The summed E-state index contributed by atoms with van der Waals surface area (Å²) in [7, 11) is -3.81. The number of hydrogen-bond acceptors (Lipinski definition) is 6. The predicted molar refractivity (Wildman–Crippen MR) is 167 cm³/mol. The van der Waals surface area contributed by atoms with Gasteiger partial charge in [-0.05, 0) is 66.4 Å². The number of rotatable bonds is 10. The van der Waals surface area contributed by atoms with Crippen LogP contribution in [0.5, 0.6) is 0 Å². The Labute approximate surface area is 266 Å². The molecule has 0 radical (unpaired) electrons. The van der Waals surface area contributed by atoms with E-state index in [4.69, 9.17) is 16.0 Å². The fourth-order valence-corrected chi connectivity index (χ4v) is 5.92. The van der Waals surface area contributed by atoms with Crippen LogP contribution in [0.3, 0.4) is 0 Å².